The number of hydrogen-bond acceptors (Lipinski definition) is 4. The summed E-state index contributed by atoms with van der Waals surface area (Å²) in [6, 6.07) is 8.89. The molecule has 5 nitrogen and oxygen atoms in total. The van der Waals surface area contributed by atoms with Gasteiger partial charge < -0.3 is 10.2 Å². The van der Waals surface area contributed by atoms with Crippen LogP contribution < -0.4 is 0 Å². The number of benzene rings is 1. The number of aromatic nitrogens is 3. The van der Waals surface area contributed by atoms with E-state index in [0.29, 0.717) is 25.0 Å². The molecule has 3 aromatic rings. The van der Waals surface area contributed by atoms with Crippen LogP contribution in [0, 0.1) is 17.0 Å². The Balaban J connectivity index is 1.45. The van der Waals surface area contributed by atoms with Crippen molar-refractivity contribution in [1.82, 2.24) is 14.8 Å². The Labute approximate surface area is 178 Å². The Morgan fingerprint density at radius 3 is 2.55 bits per heavy atom. The second-order valence-corrected chi connectivity index (χ2v) is 8.77. The first-order valence-corrected chi connectivity index (χ1v) is 10.3. The molecule has 2 heterocycles. The Hall–Kier alpha value is -2.90. The number of fused-ring (bicyclic) bond motifs is 2. The minimum atomic E-state index is -1.13. The van der Waals surface area contributed by atoms with Gasteiger partial charge in [-0.3, -0.25) is 4.98 Å². The molecule has 2 aliphatic carbocycles. The Bertz CT molecular complexity index is 1160. The van der Waals surface area contributed by atoms with Gasteiger partial charge in [-0.05, 0) is 67.3 Å². The average Bonchev–Trinajstić information content (AvgIpc) is 3.25. The molecule has 2 aromatic heterocycles. The van der Waals surface area contributed by atoms with Crippen molar-refractivity contribution in [2.75, 3.05) is 0 Å². The molecule has 31 heavy (non-hydrogen) atoms. The molecule has 1 fully saturated rings. The molecule has 3 atom stereocenters. The molecule has 2 aliphatic rings. The number of halogens is 2. The Morgan fingerprint density at radius 2 is 1.84 bits per heavy atom. The highest BCUT2D eigenvalue weighted by atomic mass is 19.1. The van der Waals surface area contributed by atoms with Crippen LogP contribution in [-0.2, 0) is 6.42 Å². The maximum absolute atomic E-state index is 13.3. The third kappa shape index (κ3) is 3.20. The summed E-state index contributed by atoms with van der Waals surface area (Å²) >= 11 is 0. The fourth-order valence-electron chi connectivity index (χ4n) is 5.05. The summed E-state index contributed by atoms with van der Waals surface area (Å²) in [4.78, 5) is 3.97. The molecule has 7 heteroatoms. The van der Waals surface area contributed by atoms with E-state index < -0.39 is 22.9 Å². The van der Waals surface area contributed by atoms with Crippen LogP contribution in [-0.4, -0.2) is 30.6 Å². The molecular formula is C24H23F2N3O2. The summed E-state index contributed by atoms with van der Waals surface area (Å²) in [5.74, 6) is -0.767. The molecule has 0 amide bonds. The second-order valence-electron chi connectivity index (χ2n) is 8.77. The summed E-state index contributed by atoms with van der Waals surface area (Å²) in [7, 11) is 0. The molecule has 0 aliphatic heterocycles. The molecule has 5 rings (SSSR count). The Kier molecular flexibility index (Phi) is 4.57. The molecule has 1 unspecified atom stereocenters. The van der Waals surface area contributed by atoms with Gasteiger partial charge in [0.15, 0.2) is 0 Å². The van der Waals surface area contributed by atoms with Crippen LogP contribution >= 0.6 is 0 Å². The lowest BCUT2D eigenvalue weighted by Crippen LogP contribution is -2.46. The van der Waals surface area contributed by atoms with Gasteiger partial charge in [0.1, 0.15) is 11.6 Å². The molecule has 0 saturated heterocycles. The highest BCUT2D eigenvalue weighted by Gasteiger charge is 2.55. The summed E-state index contributed by atoms with van der Waals surface area (Å²) < 4.78 is 28.3. The van der Waals surface area contributed by atoms with E-state index in [4.69, 9.17) is 0 Å². The van der Waals surface area contributed by atoms with Crippen molar-refractivity contribution in [3.8, 4) is 5.69 Å². The lowest BCUT2D eigenvalue weighted by molar-refractivity contribution is -0.0747. The fraction of sp³-hybridized carbons (Fsp3) is 0.333. The van der Waals surface area contributed by atoms with Crippen molar-refractivity contribution in [2.45, 2.75) is 44.3 Å². The van der Waals surface area contributed by atoms with Crippen molar-refractivity contribution < 1.29 is 19.0 Å². The van der Waals surface area contributed by atoms with Crippen molar-refractivity contribution in [3.63, 3.8) is 0 Å². The van der Waals surface area contributed by atoms with Crippen molar-refractivity contribution in [3.05, 3.63) is 83.0 Å². The van der Waals surface area contributed by atoms with E-state index in [9.17, 15) is 19.0 Å². The second kappa shape index (κ2) is 7.07. The van der Waals surface area contributed by atoms with Crippen LogP contribution in [0.4, 0.5) is 8.78 Å². The van der Waals surface area contributed by atoms with Gasteiger partial charge in [-0.2, -0.15) is 5.10 Å². The van der Waals surface area contributed by atoms with E-state index in [-0.39, 0.29) is 12.2 Å². The third-order valence-electron chi connectivity index (χ3n) is 6.98. The van der Waals surface area contributed by atoms with E-state index in [1.807, 2.05) is 6.92 Å². The van der Waals surface area contributed by atoms with Gasteiger partial charge in [0.05, 0.1) is 41.2 Å². The first-order chi connectivity index (χ1) is 14.8. The van der Waals surface area contributed by atoms with Crippen molar-refractivity contribution in [1.29, 1.82) is 0 Å². The minimum absolute atomic E-state index is 0.112. The van der Waals surface area contributed by atoms with Gasteiger partial charge in [0, 0.05) is 11.8 Å². The van der Waals surface area contributed by atoms with Gasteiger partial charge in [-0.1, -0.05) is 12.5 Å². The van der Waals surface area contributed by atoms with Gasteiger partial charge >= 0.3 is 0 Å². The third-order valence-corrected chi connectivity index (χ3v) is 6.98. The topological polar surface area (TPSA) is 71.2 Å². The fourth-order valence-corrected chi connectivity index (χ4v) is 5.05. The van der Waals surface area contributed by atoms with Crippen molar-refractivity contribution in [2.24, 2.45) is 5.41 Å². The van der Waals surface area contributed by atoms with Crippen LogP contribution in [0.25, 0.3) is 11.8 Å². The van der Waals surface area contributed by atoms with Crippen LogP contribution in [0.15, 0.2) is 54.4 Å². The number of nitrogens with zero attached hydrogens (tertiary/aromatic N) is 3. The quantitative estimate of drug-likeness (QED) is 0.662. The minimum Gasteiger partial charge on any atom is -0.389 e. The molecule has 1 saturated carbocycles. The van der Waals surface area contributed by atoms with E-state index >= 15 is 0 Å². The van der Waals surface area contributed by atoms with Gasteiger partial charge in [0.2, 0.25) is 0 Å². The van der Waals surface area contributed by atoms with Crippen LogP contribution in [0.2, 0.25) is 0 Å². The highest BCUT2D eigenvalue weighted by molar-refractivity contribution is 5.62. The normalized spacial score (nSPS) is 25.6. The molecule has 0 spiro atoms. The van der Waals surface area contributed by atoms with Gasteiger partial charge in [0.25, 0.3) is 0 Å². The van der Waals surface area contributed by atoms with Crippen LogP contribution in [0.1, 0.15) is 49.2 Å². The van der Waals surface area contributed by atoms with Gasteiger partial charge in [-0.25, -0.2) is 13.5 Å². The number of rotatable bonds is 4. The average molecular weight is 423 g/mol. The van der Waals surface area contributed by atoms with Crippen molar-refractivity contribution >= 4 is 6.08 Å². The summed E-state index contributed by atoms with van der Waals surface area (Å²) in [5, 5.41) is 26.8. The monoisotopic (exact) mass is 423 g/mol. The zero-order valence-electron chi connectivity index (χ0n) is 17.1. The predicted octanol–water partition coefficient (Wildman–Crippen LogP) is 4.14. The number of hydrogen-bond donors (Lipinski definition) is 2. The van der Waals surface area contributed by atoms with E-state index in [2.05, 4.69) is 16.2 Å². The SMILES string of the molecule is C[C@]12Cc3cnn(-c4ccc(F)cc4)c3C=C1CC[C@@]2(O)CC(O)c1ccc(F)cn1. The smallest absolute Gasteiger partial charge is 0.141 e. The molecule has 0 radical (unpaired) electrons. The molecule has 160 valence electrons. The number of aliphatic hydroxyl groups is 2. The first kappa shape index (κ1) is 20.0. The highest BCUT2D eigenvalue weighted by Crippen LogP contribution is 2.57. The summed E-state index contributed by atoms with van der Waals surface area (Å²) in [5.41, 5.74) is 2.45. The van der Waals surface area contributed by atoms with E-state index in [1.54, 1.807) is 23.0 Å². The Morgan fingerprint density at radius 1 is 1.10 bits per heavy atom. The van der Waals surface area contributed by atoms with E-state index in [0.717, 1.165) is 28.7 Å². The maximum Gasteiger partial charge on any atom is 0.141 e. The summed E-state index contributed by atoms with van der Waals surface area (Å²) in [6.07, 6.45) is 5.83. The maximum atomic E-state index is 13.3. The molecule has 1 aromatic carbocycles. The number of pyridine rings is 1. The molecule has 0 bridgehead atoms. The predicted molar refractivity (Wildman–Crippen MR) is 111 cm³/mol. The standard InChI is InChI=1S/C24H23F2N3O2/c1-23-11-15-13-28-29(19-5-2-17(25)3-6-19)21(15)10-16(23)8-9-24(23,31)12-22(30)20-7-4-18(26)14-27-20/h2-7,10,13-14,22,30-31H,8-9,11-12H2,1H3/t22?,23-,24+/m0/s1. The lowest BCUT2D eigenvalue weighted by atomic mass is 9.65. The molecular weight excluding hydrogens is 400 g/mol. The molecule has 2 N–H and O–H groups in total. The van der Waals surface area contributed by atoms with E-state index in [1.165, 1.54) is 24.3 Å². The largest absolute Gasteiger partial charge is 0.389 e. The lowest BCUT2D eigenvalue weighted by Gasteiger charge is -2.43. The van der Waals surface area contributed by atoms with Crippen LogP contribution in [0.5, 0.6) is 0 Å². The zero-order chi connectivity index (χ0) is 21.8. The number of aliphatic hydroxyl groups excluding tert-OH is 1. The van der Waals surface area contributed by atoms with Gasteiger partial charge in [-0.15, -0.1) is 0 Å². The first-order valence-electron chi connectivity index (χ1n) is 10.3. The summed E-state index contributed by atoms with van der Waals surface area (Å²) in [6.45, 7) is 2.02. The van der Waals surface area contributed by atoms with Crippen LogP contribution in [0.3, 0.4) is 0 Å². The zero-order valence-corrected chi connectivity index (χ0v) is 17.1.